The molecule has 5 nitrogen and oxygen atoms in total. The molecule has 1 saturated heterocycles. The van der Waals surface area contributed by atoms with Crippen molar-refractivity contribution in [3.63, 3.8) is 0 Å². The summed E-state index contributed by atoms with van der Waals surface area (Å²) in [5.74, 6) is 0. The molecule has 1 aromatic rings. The van der Waals surface area contributed by atoms with Gasteiger partial charge in [-0.2, -0.15) is 0 Å². The van der Waals surface area contributed by atoms with E-state index in [-0.39, 0.29) is 12.1 Å². The summed E-state index contributed by atoms with van der Waals surface area (Å²) in [5.41, 5.74) is -0.518. The number of ether oxygens (including phenoxy) is 1. The zero-order valence-electron chi connectivity index (χ0n) is 11.5. The maximum atomic E-state index is 12.1. The molecule has 1 aromatic heterocycles. The van der Waals surface area contributed by atoms with Gasteiger partial charge in [0.2, 0.25) is 0 Å². The van der Waals surface area contributed by atoms with Crippen molar-refractivity contribution < 1.29 is 14.6 Å². The van der Waals surface area contributed by atoms with E-state index in [1.165, 1.54) is 11.3 Å². The van der Waals surface area contributed by atoms with Gasteiger partial charge in [0.15, 0.2) is 0 Å². The molecule has 0 saturated carbocycles. The van der Waals surface area contributed by atoms with Gasteiger partial charge < -0.3 is 14.7 Å². The Morgan fingerprint density at radius 1 is 1.63 bits per heavy atom. The van der Waals surface area contributed by atoms with E-state index in [1.54, 1.807) is 11.1 Å². The monoisotopic (exact) mass is 284 g/mol. The van der Waals surface area contributed by atoms with Crippen molar-refractivity contribution in [1.29, 1.82) is 0 Å². The molecule has 2 atom stereocenters. The zero-order chi connectivity index (χ0) is 14.0. The van der Waals surface area contributed by atoms with E-state index in [9.17, 15) is 9.90 Å². The summed E-state index contributed by atoms with van der Waals surface area (Å²) < 4.78 is 5.38. The number of hydrogen-bond donors (Lipinski definition) is 1. The van der Waals surface area contributed by atoms with Crippen molar-refractivity contribution in [1.82, 2.24) is 9.88 Å². The van der Waals surface area contributed by atoms with Crippen LogP contribution < -0.4 is 0 Å². The zero-order valence-corrected chi connectivity index (χ0v) is 12.3. The summed E-state index contributed by atoms with van der Waals surface area (Å²) in [6, 6.07) is -0.235. The van der Waals surface area contributed by atoms with Gasteiger partial charge in [-0.15, -0.1) is 11.3 Å². The number of carbonyl (C=O) groups excluding carboxylic acids is 1. The van der Waals surface area contributed by atoms with Gasteiger partial charge in [-0.3, -0.25) is 0 Å². The minimum Gasteiger partial charge on any atom is -0.444 e. The molecule has 0 spiro atoms. The minimum absolute atomic E-state index is 0.235. The molecule has 1 N–H and O–H groups in total. The third kappa shape index (κ3) is 3.45. The van der Waals surface area contributed by atoms with Gasteiger partial charge >= 0.3 is 6.09 Å². The van der Waals surface area contributed by atoms with Crippen LogP contribution in [0.1, 0.15) is 44.7 Å². The van der Waals surface area contributed by atoms with Crippen molar-refractivity contribution in [3.8, 4) is 0 Å². The highest BCUT2D eigenvalue weighted by Gasteiger charge is 2.37. The predicted molar refractivity (Wildman–Crippen MR) is 73.0 cm³/mol. The highest BCUT2D eigenvalue weighted by Crippen LogP contribution is 2.31. The number of rotatable bonds is 2. The van der Waals surface area contributed by atoms with Gasteiger partial charge in [-0.05, 0) is 33.6 Å². The first-order valence-electron chi connectivity index (χ1n) is 6.45. The van der Waals surface area contributed by atoms with Crippen LogP contribution in [0.25, 0.3) is 0 Å². The van der Waals surface area contributed by atoms with Gasteiger partial charge in [-0.1, -0.05) is 0 Å². The number of thiazole rings is 1. The number of aromatic nitrogens is 1. The van der Waals surface area contributed by atoms with E-state index in [1.807, 2.05) is 26.2 Å². The van der Waals surface area contributed by atoms with E-state index in [2.05, 4.69) is 4.98 Å². The fraction of sp³-hybridized carbons (Fsp3) is 0.692. The van der Waals surface area contributed by atoms with E-state index < -0.39 is 11.7 Å². The van der Waals surface area contributed by atoms with Crippen LogP contribution >= 0.6 is 11.3 Å². The maximum absolute atomic E-state index is 12.1. The van der Waals surface area contributed by atoms with Crippen molar-refractivity contribution in [2.75, 3.05) is 6.54 Å². The molecule has 1 fully saturated rings. The summed E-state index contributed by atoms with van der Waals surface area (Å²) in [5, 5.41) is 12.8. The fourth-order valence-corrected chi connectivity index (χ4v) is 2.89. The van der Waals surface area contributed by atoms with Crippen LogP contribution in [0.3, 0.4) is 0 Å². The molecule has 2 heterocycles. The molecule has 1 aliphatic rings. The van der Waals surface area contributed by atoms with Crippen LogP contribution in [0.2, 0.25) is 0 Å². The Hall–Kier alpha value is -1.14. The third-order valence-electron chi connectivity index (χ3n) is 3.00. The molecule has 19 heavy (non-hydrogen) atoms. The molecular weight excluding hydrogens is 264 g/mol. The van der Waals surface area contributed by atoms with Gasteiger partial charge in [-0.25, -0.2) is 9.78 Å². The van der Waals surface area contributed by atoms with E-state index in [4.69, 9.17) is 4.74 Å². The van der Waals surface area contributed by atoms with Crippen LogP contribution in [0.5, 0.6) is 0 Å². The lowest BCUT2D eigenvalue weighted by molar-refractivity contribution is 0.00487. The number of aliphatic hydroxyl groups excluding tert-OH is 1. The van der Waals surface area contributed by atoms with Crippen molar-refractivity contribution >= 4 is 17.4 Å². The highest BCUT2D eigenvalue weighted by atomic mass is 32.1. The predicted octanol–water partition coefficient (Wildman–Crippen LogP) is 2.58. The number of hydrogen-bond acceptors (Lipinski definition) is 5. The topological polar surface area (TPSA) is 62.7 Å². The van der Waals surface area contributed by atoms with E-state index in [0.29, 0.717) is 11.6 Å². The van der Waals surface area contributed by atoms with Gasteiger partial charge in [0.05, 0.1) is 6.04 Å². The van der Waals surface area contributed by atoms with Gasteiger partial charge in [0, 0.05) is 18.1 Å². The van der Waals surface area contributed by atoms with Crippen LogP contribution in [-0.4, -0.2) is 39.3 Å². The lowest BCUT2D eigenvalue weighted by atomic mass is 10.1. The normalized spacial score (nSPS) is 21.5. The van der Waals surface area contributed by atoms with Crippen molar-refractivity contribution in [3.05, 3.63) is 16.6 Å². The Labute approximate surface area is 117 Å². The highest BCUT2D eigenvalue weighted by molar-refractivity contribution is 7.09. The first-order valence-corrected chi connectivity index (χ1v) is 7.33. The van der Waals surface area contributed by atoms with Gasteiger partial charge in [0.1, 0.15) is 16.7 Å². The largest absolute Gasteiger partial charge is 0.444 e. The molecule has 0 radical (unpaired) electrons. The molecule has 1 aliphatic heterocycles. The molecule has 2 rings (SSSR count). The molecule has 0 aliphatic carbocycles. The number of amides is 1. The summed E-state index contributed by atoms with van der Waals surface area (Å²) in [6.45, 7) is 6.15. The molecule has 2 unspecified atom stereocenters. The van der Waals surface area contributed by atoms with Crippen LogP contribution in [0, 0.1) is 0 Å². The van der Waals surface area contributed by atoms with E-state index in [0.717, 1.165) is 12.8 Å². The second-order valence-corrected chi connectivity index (χ2v) is 6.62. The smallest absolute Gasteiger partial charge is 0.410 e. The summed E-state index contributed by atoms with van der Waals surface area (Å²) in [6.07, 6.45) is 2.24. The molecular formula is C13H20N2O3S. The SMILES string of the molecule is CC(C)(C)OC(=O)N1CCCC1C(O)c1nccs1. The van der Waals surface area contributed by atoms with E-state index >= 15 is 0 Å². The second kappa shape index (κ2) is 5.46. The average Bonchev–Trinajstić information content (AvgIpc) is 2.97. The first-order chi connectivity index (χ1) is 8.88. The summed E-state index contributed by atoms with van der Waals surface area (Å²) in [4.78, 5) is 17.9. The molecule has 106 valence electrons. The maximum Gasteiger partial charge on any atom is 0.410 e. The summed E-state index contributed by atoms with van der Waals surface area (Å²) >= 11 is 1.40. The second-order valence-electron chi connectivity index (χ2n) is 5.70. The van der Waals surface area contributed by atoms with Crippen molar-refractivity contribution in [2.45, 2.75) is 51.4 Å². The first kappa shape index (κ1) is 14.3. The Bertz CT molecular complexity index is 428. The molecule has 0 aromatic carbocycles. The standard InChI is InChI=1S/C13H20N2O3S/c1-13(2,3)18-12(17)15-7-4-5-9(15)10(16)11-14-6-8-19-11/h6,8-10,16H,4-5,7H2,1-3H3. The Morgan fingerprint density at radius 2 is 2.37 bits per heavy atom. The lowest BCUT2D eigenvalue weighted by Crippen LogP contribution is -2.42. The number of carbonyl (C=O) groups is 1. The quantitative estimate of drug-likeness (QED) is 0.906. The third-order valence-corrected chi connectivity index (χ3v) is 3.84. The lowest BCUT2D eigenvalue weighted by Gasteiger charge is -2.30. The molecule has 0 bridgehead atoms. The Kier molecular flexibility index (Phi) is 4.10. The minimum atomic E-state index is -0.727. The summed E-state index contributed by atoms with van der Waals surface area (Å²) in [7, 11) is 0. The van der Waals surface area contributed by atoms with Crippen molar-refractivity contribution in [2.24, 2.45) is 0 Å². The van der Waals surface area contributed by atoms with Crippen LogP contribution in [-0.2, 0) is 4.74 Å². The van der Waals surface area contributed by atoms with Crippen LogP contribution in [0.15, 0.2) is 11.6 Å². The Morgan fingerprint density at radius 3 is 2.95 bits per heavy atom. The fourth-order valence-electron chi connectivity index (χ4n) is 2.21. The van der Waals surface area contributed by atoms with Crippen LogP contribution in [0.4, 0.5) is 4.79 Å². The molecule has 1 amide bonds. The number of nitrogens with zero attached hydrogens (tertiary/aromatic N) is 2. The number of likely N-dealkylation sites (tertiary alicyclic amines) is 1. The van der Waals surface area contributed by atoms with Gasteiger partial charge in [0.25, 0.3) is 0 Å². The molecule has 6 heteroatoms. The Balaban J connectivity index is 2.06. The average molecular weight is 284 g/mol. The number of aliphatic hydroxyl groups is 1.